The first-order valence-electron chi connectivity index (χ1n) is 9.32. The van der Waals surface area contributed by atoms with Gasteiger partial charge >= 0.3 is 0 Å². The van der Waals surface area contributed by atoms with E-state index < -0.39 is 10.2 Å². The van der Waals surface area contributed by atoms with Crippen molar-refractivity contribution in [1.82, 2.24) is 13.6 Å². The summed E-state index contributed by atoms with van der Waals surface area (Å²) in [4.78, 5) is 16.3. The van der Waals surface area contributed by atoms with E-state index in [0.717, 1.165) is 12.1 Å². The molecule has 0 spiro atoms. The Morgan fingerprint density at radius 2 is 1.65 bits per heavy atom. The van der Waals surface area contributed by atoms with Crippen LogP contribution in [-0.2, 0) is 15.0 Å². The van der Waals surface area contributed by atoms with Crippen molar-refractivity contribution in [2.75, 3.05) is 31.5 Å². The van der Waals surface area contributed by atoms with Crippen molar-refractivity contribution >= 4 is 21.8 Å². The number of nitrogens with zero attached hydrogens (tertiary/aromatic N) is 3. The van der Waals surface area contributed by atoms with Crippen molar-refractivity contribution in [3.63, 3.8) is 0 Å². The summed E-state index contributed by atoms with van der Waals surface area (Å²) < 4.78 is 29.1. The standard InChI is InChI=1S/C18H28N4O3S/c1-14-11-15(2)13-22(12-14)26(24,25)21-9-5-16(6-10-21)18(23)20-17-3-7-19-8-4-17/h3-4,7-8,14-16H,5-6,9-13H2,1-2H3,(H,19,20,23)/t14-,15-/m1/s1. The van der Waals surface area contributed by atoms with Crippen LogP contribution >= 0.6 is 0 Å². The SMILES string of the molecule is C[C@@H]1C[C@@H](C)CN(S(=O)(=O)N2CCC(C(=O)Nc3ccncc3)CC2)C1. The monoisotopic (exact) mass is 380 g/mol. The van der Waals surface area contributed by atoms with Gasteiger partial charge in [0.25, 0.3) is 10.2 Å². The van der Waals surface area contributed by atoms with E-state index in [1.54, 1.807) is 33.1 Å². The van der Waals surface area contributed by atoms with Gasteiger partial charge in [-0.25, -0.2) is 0 Å². The molecule has 0 aliphatic carbocycles. The summed E-state index contributed by atoms with van der Waals surface area (Å²) in [7, 11) is -3.43. The summed E-state index contributed by atoms with van der Waals surface area (Å²) in [6.45, 7) is 6.19. The lowest BCUT2D eigenvalue weighted by atomic mass is 9.94. The average molecular weight is 381 g/mol. The predicted molar refractivity (Wildman–Crippen MR) is 101 cm³/mol. The second-order valence-corrected chi connectivity index (χ2v) is 9.60. The molecule has 3 heterocycles. The van der Waals surface area contributed by atoms with E-state index in [1.165, 1.54) is 0 Å². The number of nitrogens with one attached hydrogen (secondary N) is 1. The molecular formula is C18H28N4O3S. The zero-order valence-corrected chi connectivity index (χ0v) is 16.3. The van der Waals surface area contributed by atoms with Crippen LogP contribution in [0.4, 0.5) is 5.69 Å². The predicted octanol–water partition coefficient (Wildman–Crippen LogP) is 1.95. The molecule has 1 aromatic heterocycles. The molecule has 0 aromatic carbocycles. The maximum absolute atomic E-state index is 12.9. The van der Waals surface area contributed by atoms with Gasteiger partial charge in [0.15, 0.2) is 0 Å². The topological polar surface area (TPSA) is 82.6 Å². The van der Waals surface area contributed by atoms with Crippen LogP contribution in [0.2, 0.25) is 0 Å². The number of aromatic nitrogens is 1. The number of anilines is 1. The van der Waals surface area contributed by atoms with E-state index in [4.69, 9.17) is 0 Å². The maximum atomic E-state index is 12.9. The lowest BCUT2D eigenvalue weighted by molar-refractivity contribution is -0.120. The van der Waals surface area contributed by atoms with Crippen molar-refractivity contribution in [2.24, 2.45) is 17.8 Å². The fourth-order valence-electron chi connectivity index (χ4n) is 3.99. The van der Waals surface area contributed by atoms with E-state index in [0.29, 0.717) is 50.9 Å². The number of carbonyl (C=O) groups excluding carboxylic acids is 1. The van der Waals surface area contributed by atoms with Gasteiger partial charge in [-0.15, -0.1) is 0 Å². The van der Waals surface area contributed by atoms with Crippen LogP contribution in [0, 0.1) is 17.8 Å². The number of piperidine rings is 2. The van der Waals surface area contributed by atoms with Gasteiger partial charge in [0.05, 0.1) is 0 Å². The number of pyridine rings is 1. The zero-order chi connectivity index (χ0) is 18.7. The zero-order valence-electron chi connectivity index (χ0n) is 15.5. The van der Waals surface area contributed by atoms with Gasteiger partial charge in [0.1, 0.15) is 0 Å². The van der Waals surface area contributed by atoms with Crippen LogP contribution in [0.5, 0.6) is 0 Å². The first kappa shape index (κ1) is 19.3. The highest BCUT2D eigenvalue weighted by Crippen LogP contribution is 2.27. The fraction of sp³-hybridized carbons (Fsp3) is 0.667. The summed E-state index contributed by atoms with van der Waals surface area (Å²) in [5.41, 5.74) is 0.719. The highest BCUT2D eigenvalue weighted by Gasteiger charge is 2.37. The minimum absolute atomic E-state index is 0.0477. The van der Waals surface area contributed by atoms with E-state index in [2.05, 4.69) is 24.1 Å². The molecule has 1 aromatic rings. The third-order valence-corrected chi connectivity index (χ3v) is 7.23. The molecule has 3 rings (SSSR count). The minimum atomic E-state index is -3.43. The Morgan fingerprint density at radius 1 is 1.08 bits per heavy atom. The third kappa shape index (κ3) is 4.42. The molecule has 8 heteroatoms. The van der Waals surface area contributed by atoms with Gasteiger partial charge in [-0.2, -0.15) is 17.0 Å². The molecule has 0 radical (unpaired) electrons. The molecule has 0 saturated carbocycles. The van der Waals surface area contributed by atoms with Crippen LogP contribution in [0.25, 0.3) is 0 Å². The summed E-state index contributed by atoms with van der Waals surface area (Å²) in [6.07, 6.45) is 5.43. The molecule has 2 fully saturated rings. The lowest BCUT2D eigenvalue weighted by Gasteiger charge is -2.39. The number of hydrogen-bond donors (Lipinski definition) is 1. The van der Waals surface area contributed by atoms with E-state index in [1.807, 2.05) is 0 Å². The van der Waals surface area contributed by atoms with Gasteiger partial charge in [-0.05, 0) is 43.2 Å². The molecule has 2 aliphatic rings. The molecule has 0 bridgehead atoms. The largest absolute Gasteiger partial charge is 0.326 e. The Morgan fingerprint density at radius 3 is 2.23 bits per heavy atom. The molecule has 2 aliphatic heterocycles. The van der Waals surface area contributed by atoms with Crippen LogP contribution in [0.3, 0.4) is 0 Å². The van der Waals surface area contributed by atoms with Gasteiger partial charge in [0.2, 0.25) is 5.91 Å². The van der Waals surface area contributed by atoms with Gasteiger partial charge in [0, 0.05) is 50.2 Å². The molecule has 2 atom stereocenters. The molecule has 26 heavy (non-hydrogen) atoms. The molecule has 144 valence electrons. The van der Waals surface area contributed by atoms with Crippen molar-refractivity contribution in [2.45, 2.75) is 33.1 Å². The highest BCUT2D eigenvalue weighted by molar-refractivity contribution is 7.86. The second kappa shape index (κ2) is 8.02. The number of hydrogen-bond acceptors (Lipinski definition) is 4. The van der Waals surface area contributed by atoms with Crippen molar-refractivity contribution in [3.8, 4) is 0 Å². The Kier molecular flexibility index (Phi) is 5.94. The van der Waals surface area contributed by atoms with E-state index in [9.17, 15) is 13.2 Å². The third-order valence-electron chi connectivity index (χ3n) is 5.26. The molecule has 1 amide bonds. The Balaban J connectivity index is 1.56. The van der Waals surface area contributed by atoms with Crippen LogP contribution in [0.15, 0.2) is 24.5 Å². The van der Waals surface area contributed by atoms with Gasteiger partial charge < -0.3 is 5.32 Å². The summed E-state index contributed by atoms with van der Waals surface area (Å²) >= 11 is 0. The van der Waals surface area contributed by atoms with E-state index in [-0.39, 0.29) is 11.8 Å². The normalized spacial score (nSPS) is 26.5. The minimum Gasteiger partial charge on any atom is -0.326 e. The summed E-state index contributed by atoms with van der Waals surface area (Å²) in [5.74, 6) is 0.566. The highest BCUT2D eigenvalue weighted by atomic mass is 32.2. The Hall–Kier alpha value is -1.51. The molecule has 7 nitrogen and oxygen atoms in total. The Labute approximate surface area is 156 Å². The summed E-state index contributed by atoms with van der Waals surface area (Å²) in [5, 5.41) is 2.88. The van der Waals surface area contributed by atoms with Gasteiger partial charge in [-0.3, -0.25) is 9.78 Å². The number of rotatable bonds is 4. The van der Waals surface area contributed by atoms with Crippen molar-refractivity contribution < 1.29 is 13.2 Å². The molecular weight excluding hydrogens is 352 g/mol. The maximum Gasteiger partial charge on any atom is 0.281 e. The Bertz CT molecular complexity index is 707. The average Bonchev–Trinajstić information content (AvgIpc) is 2.62. The van der Waals surface area contributed by atoms with Crippen molar-refractivity contribution in [1.29, 1.82) is 0 Å². The molecule has 2 saturated heterocycles. The van der Waals surface area contributed by atoms with Crippen LogP contribution in [-0.4, -0.2) is 54.1 Å². The smallest absolute Gasteiger partial charge is 0.281 e. The molecule has 0 unspecified atom stereocenters. The second-order valence-electron chi connectivity index (χ2n) is 7.67. The lowest BCUT2D eigenvalue weighted by Crippen LogP contribution is -2.52. The first-order valence-corrected chi connectivity index (χ1v) is 10.7. The van der Waals surface area contributed by atoms with Gasteiger partial charge in [-0.1, -0.05) is 13.8 Å². The summed E-state index contributed by atoms with van der Waals surface area (Å²) in [6, 6.07) is 3.49. The van der Waals surface area contributed by atoms with E-state index >= 15 is 0 Å². The van der Waals surface area contributed by atoms with Crippen molar-refractivity contribution in [3.05, 3.63) is 24.5 Å². The molecule has 1 N–H and O–H groups in total. The van der Waals surface area contributed by atoms with Crippen LogP contribution in [0.1, 0.15) is 33.1 Å². The first-order chi connectivity index (χ1) is 12.4. The number of amides is 1. The number of carbonyl (C=O) groups is 1. The van der Waals surface area contributed by atoms with Crippen LogP contribution < -0.4 is 5.32 Å². The fourth-order valence-corrected chi connectivity index (χ4v) is 5.87. The quantitative estimate of drug-likeness (QED) is 0.866.